The number of nitrogens with zero attached hydrogens (tertiary/aromatic N) is 7. The Morgan fingerprint density at radius 2 is 1.76 bits per heavy atom. The van der Waals surface area contributed by atoms with Crippen LogP contribution in [0.5, 0.6) is 0 Å². The second-order valence-corrected chi connectivity index (χ2v) is 10.7. The number of imidazole rings is 2. The minimum absolute atomic E-state index is 0.105. The van der Waals surface area contributed by atoms with Gasteiger partial charge in [-0.25, -0.2) is 24.5 Å². The third-order valence-corrected chi connectivity index (χ3v) is 7.61. The molecule has 2 saturated heterocycles. The van der Waals surface area contributed by atoms with Gasteiger partial charge >= 0.3 is 7.82 Å². The number of hydrogen-bond acceptors (Lipinski definition) is 16. The average molecular weight is 596 g/mol. The maximum absolute atomic E-state index is 12.8. The molecule has 21 heteroatoms. The van der Waals surface area contributed by atoms with Gasteiger partial charge in [0.1, 0.15) is 17.9 Å². The lowest BCUT2D eigenvalue weighted by Gasteiger charge is -2.30. The van der Waals surface area contributed by atoms with Gasteiger partial charge < -0.3 is 40.8 Å². The molecule has 0 amide bonds. The Bertz CT molecular complexity index is 1690. The van der Waals surface area contributed by atoms with E-state index >= 15 is 0 Å². The van der Waals surface area contributed by atoms with Crippen molar-refractivity contribution >= 4 is 41.9 Å². The van der Waals surface area contributed by atoms with Crippen molar-refractivity contribution in [1.29, 1.82) is 0 Å². The molecule has 3 unspecified atom stereocenters. The summed E-state index contributed by atoms with van der Waals surface area (Å²) in [5.41, 5.74) is 11.2. The van der Waals surface area contributed by atoms with Crippen LogP contribution < -0.4 is 17.0 Å². The highest BCUT2D eigenvalue weighted by atomic mass is 31.2. The number of nitrogens with two attached hydrogens (primary N) is 2. The van der Waals surface area contributed by atoms with Crippen LogP contribution in [0.25, 0.3) is 22.3 Å². The fourth-order valence-electron chi connectivity index (χ4n) is 4.72. The molecular weight excluding hydrogens is 571 g/mol. The Morgan fingerprint density at radius 1 is 1.02 bits per heavy atom. The summed E-state index contributed by atoms with van der Waals surface area (Å²) < 4.78 is 43.0. The quantitative estimate of drug-likeness (QED) is 0.141. The lowest BCUT2D eigenvalue weighted by atomic mass is 9.99. The van der Waals surface area contributed by atoms with Gasteiger partial charge in [0.05, 0.1) is 32.0 Å². The molecule has 20 nitrogen and oxygen atoms in total. The first kappa shape index (κ1) is 27.6. The summed E-state index contributed by atoms with van der Waals surface area (Å²) in [5.74, 6) is -0.923. The standard InChI is InChI=1S/C20H25N10O10P/c1-7-36-2-8-9(39-17(12(8)31)29-5-25-10-13(21)23-4-24-14(10)29)3-37-41(34,35)40-19(33)18(38-7)30-6-26-11-15(30)27-20(22)28-16(11)32/h4-9,12,17-19,31,33H,2-3H2,1H3,(H,34,35)(H2,21,23,24)(H3,22,27,28,32)/t7?,8?,9-,12-,17-,18-,19+/m1/s1. The van der Waals surface area contributed by atoms with Gasteiger partial charge in [-0.05, 0) is 6.92 Å². The second kappa shape index (κ2) is 10.4. The van der Waals surface area contributed by atoms with Crippen LogP contribution in [0.15, 0.2) is 23.8 Å². The van der Waals surface area contributed by atoms with Crippen molar-refractivity contribution in [2.75, 3.05) is 24.7 Å². The van der Waals surface area contributed by atoms with Gasteiger partial charge in [0.15, 0.2) is 41.4 Å². The predicted molar refractivity (Wildman–Crippen MR) is 134 cm³/mol. The number of rotatable bonds is 2. The Kier molecular flexibility index (Phi) is 6.96. The summed E-state index contributed by atoms with van der Waals surface area (Å²) in [6.07, 6.45) is -4.42. The zero-order chi connectivity index (χ0) is 29.1. The Labute approximate surface area is 228 Å². The number of aromatic nitrogens is 8. The van der Waals surface area contributed by atoms with Crippen molar-refractivity contribution in [3.8, 4) is 0 Å². The van der Waals surface area contributed by atoms with Gasteiger partial charge in [0.25, 0.3) is 5.56 Å². The monoisotopic (exact) mass is 596 g/mol. The van der Waals surface area contributed by atoms with Crippen molar-refractivity contribution in [2.24, 2.45) is 5.92 Å². The van der Waals surface area contributed by atoms with Crippen molar-refractivity contribution < 1.29 is 42.9 Å². The summed E-state index contributed by atoms with van der Waals surface area (Å²) in [4.78, 5) is 45.1. The molecule has 0 bridgehead atoms. The molecule has 4 aromatic rings. The molecule has 0 aromatic carbocycles. The number of aliphatic hydroxyl groups is 2. The van der Waals surface area contributed by atoms with Crippen LogP contribution in [-0.2, 0) is 27.8 Å². The first-order valence-electron chi connectivity index (χ1n) is 12.1. The molecule has 6 rings (SSSR count). The number of aromatic amines is 1. The number of hydrogen-bond donors (Lipinski definition) is 6. The van der Waals surface area contributed by atoms with Crippen LogP contribution in [-0.4, -0.2) is 92.1 Å². The normalized spacial score (nSPS) is 33.4. The van der Waals surface area contributed by atoms with Gasteiger partial charge in [-0.15, -0.1) is 0 Å². The molecule has 41 heavy (non-hydrogen) atoms. The molecule has 2 aliphatic heterocycles. The van der Waals surface area contributed by atoms with Gasteiger partial charge in [0, 0.05) is 5.92 Å². The third-order valence-electron chi connectivity index (χ3n) is 6.65. The number of aliphatic hydroxyl groups excluding tert-OH is 2. The lowest BCUT2D eigenvalue weighted by Crippen LogP contribution is -2.37. The largest absolute Gasteiger partial charge is 0.474 e. The number of nitrogens with one attached hydrogen (secondary N) is 1. The highest BCUT2D eigenvalue weighted by molar-refractivity contribution is 7.47. The molecular formula is C20H25N10O10P. The highest BCUT2D eigenvalue weighted by Crippen LogP contribution is 2.48. The summed E-state index contributed by atoms with van der Waals surface area (Å²) in [5, 5.41) is 22.0. The third kappa shape index (κ3) is 5.05. The predicted octanol–water partition coefficient (Wildman–Crippen LogP) is -1.66. The van der Waals surface area contributed by atoms with E-state index in [0.29, 0.717) is 11.2 Å². The van der Waals surface area contributed by atoms with E-state index in [9.17, 15) is 24.5 Å². The van der Waals surface area contributed by atoms with E-state index < -0.39 is 63.2 Å². The van der Waals surface area contributed by atoms with E-state index in [-0.39, 0.29) is 29.5 Å². The first-order chi connectivity index (χ1) is 19.5. The van der Waals surface area contributed by atoms with E-state index in [2.05, 4.69) is 29.9 Å². The van der Waals surface area contributed by atoms with Gasteiger partial charge in [-0.1, -0.05) is 0 Å². The Morgan fingerprint density at radius 3 is 2.54 bits per heavy atom. The van der Waals surface area contributed by atoms with E-state index in [0.717, 1.165) is 10.9 Å². The summed E-state index contributed by atoms with van der Waals surface area (Å²) in [6, 6.07) is 0. The van der Waals surface area contributed by atoms with Crippen LogP contribution in [0.3, 0.4) is 0 Å². The fourth-order valence-corrected chi connectivity index (χ4v) is 5.49. The van der Waals surface area contributed by atoms with Crippen LogP contribution in [0.1, 0.15) is 19.4 Å². The number of H-pyrrole nitrogens is 1. The molecule has 0 spiro atoms. The van der Waals surface area contributed by atoms with Gasteiger partial charge in [-0.2, -0.15) is 4.98 Å². The zero-order valence-electron chi connectivity index (χ0n) is 21.1. The molecule has 8 atom stereocenters. The molecule has 8 N–H and O–H groups in total. The minimum atomic E-state index is -4.96. The second-order valence-electron chi connectivity index (χ2n) is 9.27. The number of ether oxygens (including phenoxy) is 3. The number of phosphoric ester groups is 1. The van der Waals surface area contributed by atoms with E-state index in [4.69, 9.17) is 34.7 Å². The smallest absolute Gasteiger partial charge is 0.388 e. The van der Waals surface area contributed by atoms with Crippen LogP contribution in [0.4, 0.5) is 11.8 Å². The number of phosphoric acid groups is 1. The zero-order valence-corrected chi connectivity index (χ0v) is 22.0. The van der Waals surface area contributed by atoms with Crippen molar-refractivity contribution in [1.82, 2.24) is 39.0 Å². The van der Waals surface area contributed by atoms with Gasteiger partial charge in [0.2, 0.25) is 12.2 Å². The van der Waals surface area contributed by atoms with Crippen LogP contribution in [0, 0.1) is 5.92 Å². The van der Waals surface area contributed by atoms with Crippen LogP contribution in [0.2, 0.25) is 0 Å². The van der Waals surface area contributed by atoms with E-state index in [1.54, 1.807) is 0 Å². The summed E-state index contributed by atoms with van der Waals surface area (Å²) >= 11 is 0. The maximum atomic E-state index is 12.8. The molecule has 2 fully saturated rings. The summed E-state index contributed by atoms with van der Waals surface area (Å²) in [7, 11) is -4.96. The number of nitrogen functional groups attached to an aromatic ring is 2. The van der Waals surface area contributed by atoms with Crippen molar-refractivity contribution in [3.63, 3.8) is 0 Å². The Hall–Kier alpha value is -3.59. The fraction of sp³-hybridized carbons (Fsp3) is 0.500. The lowest BCUT2D eigenvalue weighted by molar-refractivity contribution is -0.249. The number of anilines is 2. The van der Waals surface area contributed by atoms with E-state index in [1.165, 1.54) is 24.1 Å². The molecule has 0 radical (unpaired) electrons. The summed E-state index contributed by atoms with van der Waals surface area (Å²) in [6.45, 7) is 0.769. The molecule has 0 saturated carbocycles. The molecule has 220 valence electrons. The number of fused-ring (bicyclic) bond motifs is 3. The topological polar surface area (TPSA) is 283 Å². The van der Waals surface area contributed by atoms with Crippen LogP contribution >= 0.6 is 7.82 Å². The molecule has 4 aromatic heterocycles. The minimum Gasteiger partial charge on any atom is -0.388 e. The SMILES string of the molecule is CC1OCC2[C@@H](O)[C@H](n3cnc4c(N)ncnc43)O[C@@H]2COP(=O)(O)O[C@H](O)[C@H](n2cnc3c(=O)[nH]c(N)nc32)O1. The highest BCUT2D eigenvalue weighted by Gasteiger charge is 2.47. The molecule has 2 aliphatic rings. The van der Waals surface area contributed by atoms with Gasteiger partial charge in [-0.3, -0.25) is 28.0 Å². The van der Waals surface area contributed by atoms with Crippen molar-refractivity contribution in [3.05, 3.63) is 29.3 Å². The van der Waals surface area contributed by atoms with Crippen molar-refractivity contribution in [2.45, 2.75) is 44.2 Å². The Balaban J connectivity index is 1.30. The maximum Gasteiger partial charge on any atom is 0.474 e. The molecule has 6 heterocycles. The first-order valence-corrected chi connectivity index (χ1v) is 13.6. The van der Waals surface area contributed by atoms with E-state index in [1.807, 2.05) is 0 Å². The molecule has 0 aliphatic carbocycles. The average Bonchev–Trinajstić information content (AvgIpc) is 3.60.